The van der Waals surface area contributed by atoms with Crippen LogP contribution in [0.15, 0.2) is 35.3 Å². The first-order valence-corrected chi connectivity index (χ1v) is 8.78. The standard InChI is InChI=1S/C19H23N3O4/c1-13-4-3-9-21(11-13)17(23)12-26-18(24)15-5-7-16(8-6-15)22-14(2)10-20-19(22)25/h5-8,10,13H,3-4,9,11-12H2,1-2H3,(H,20,25). The number of benzene rings is 1. The predicted molar refractivity (Wildman–Crippen MR) is 96.4 cm³/mol. The first kappa shape index (κ1) is 18.0. The number of H-pyrrole nitrogens is 1. The van der Waals surface area contributed by atoms with E-state index in [-0.39, 0.29) is 18.2 Å². The lowest BCUT2D eigenvalue weighted by atomic mass is 10.0. The lowest BCUT2D eigenvalue weighted by Gasteiger charge is -2.30. The van der Waals surface area contributed by atoms with E-state index in [0.29, 0.717) is 17.2 Å². The van der Waals surface area contributed by atoms with E-state index < -0.39 is 5.97 Å². The van der Waals surface area contributed by atoms with E-state index in [1.807, 2.05) is 6.92 Å². The molecule has 1 aromatic heterocycles. The number of nitrogens with zero attached hydrogens (tertiary/aromatic N) is 2. The van der Waals surface area contributed by atoms with Crippen LogP contribution in [0, 0.1) is 12.8 Å². The summed E-state index contributed by atoms with van der Waals surface area (Å²) in [5.74, 6) is -0.222. The number of nitrogens with one attached hydrogen (secondary N) is 1. The molecule has 0 bridgehead atoms. The summed E-state index contributed by atoms with van der Waals surface area (Å²) in [6.07, 6.45) is 3.73. The number of imidazole rings is 1. The lowest BCUT2D eigenvalue weighted by molar-refractivity contribution is -0.136. The molecule has 7 heteroatoms. The van der Waals surface area contributed by atoms with Crippen molar-refractivity contribution in [3.63, 3.8) is 0 Å². The molecule has 26 heavy (non-hydrogen) atoms. The van der Waals surface area contributed by atoms with Gasteiger partial charge in [-0.1, -0.05) is 6.92 Å². The van der Waals surface area contributed by atoms with Crippen molar-refractivity contribution in [2.24, 2.45) is 5.92 Å². The molecule has 3 rings (SSSR count). The fourth-order valence-electron chi connectivity index (χ4n) is 3.24. The van der Waals surface area contributed by atoms with Crippen molar-refractivity contribution in [3.8, 4) is 5.69 Å². The van der Waals surface area contributed by atoms with E-state index in [1.165, 1.54) is 4.57 Å². The van der Waals surface area contributed by atoms with E-state index >= 15 is 0 Å². The second kappa shape index (κ2) is 7.59. The number of aromatic nitrogens is 2. The van der Waals surface area contributed by atoms with E-state index in [0.717, 1.165) is 31.6 Å². The minimum atomic E-state index is -0.548. The van der Waals surface area contributed by atoms with Crippen LogP contribution in [-0.4, -0.2) is 46.0 Å². The molecule has 0 radical (unpaired) electrons. The summed E-state index contributed by atoms with van der Waals surface area (Å²) in [6.45, 7) is 5.12. The van der Waals surface area contributed by atoms with E-state index in [2.05, 4.69) is 11.9 Å². The maximum Gasteiger partial charge on any atom is 0.338 e. The molecule has 1 atom stereocenters. The number of aryl methyl sites for hydroxylation is 1. The minimum Gasteiger partial charge on any atom is -0.452 e. The van der Waals surface area contributed by atoms with Crippen molar-refractivity contribution in [1.29, 1.82) is 0 Å². The normalized spacial score (nSPS) is 17.2. The Labute approximate surface area is 151 Å². The Hall–Kier alpha value is -2.83. The summed E-state index contributed by atoms with van der Waals surface area (Å²) in [6, 6.07) is 6.52. The Bertz CT molecular complexity index is 850. The number of hydrogen-bond acceptors (Lipinski definition) is 4. The zero-order valence-electron chi connectivity index (χ0n) is 15.0. The lowest BCUT2D eigenvalue weighted by Crippen LogP contribution is -2.41. The Kier molecular flexibility index (Phi) is 5.25. The fourth-order valence-corrected chi connectivity index (χ4v) is 3.24. The summed E-state index contributed by atoms with van der Waals surface area (Å²) in [5, 5.41) is 0. The number of piperidine rings is 1. The van der Waals surface area contributed by atoms with E-state index in [4.69, 9.17) is 4.74 Å². The van der Waals surface area contributed by atoms with Gasteiger partial charge in [-0.3, -0.25) is 9.36 Å². The molecule has 1 unspecified atom stereocenters. The summed E-state index contributed by atoms with van der Waals surface area (Å²) >= 11 is 0. The number of likely N-dealkylation sites (tertiary alicyclic amines) is 1. The number of hydrogen-bond donors (Lipinski definition) is 1. The van der Waals surface area contributed by atoms with Gasteiger partial charge in [-0.2, -0.15) is 0 Å². The summed E-state index contributed by atoms with van der Waals surface area (Å²) in [4.78, 5) is 40.5. The van der Waals surface area contributed by atoms with Crippen molar-refractivity contribution in [3.05, 3.63) is 52.2 Å². The Morgan fingerprint density at radius 2 is 2.00 bits per heavy atom. The molecule has 1 N–H and O–H groups in total. The first-order valence-electron chi connectivity index (χ1n) is 8.78. The smallest absolute Gasteiger partial charge is 0.338 e. The largest absolute Gasteiger partial charge is 0.452 e. The molecule has 1 aliphatic rings. The van der Waals surface area contributed by atoms with Gasteiger partial charge in [0.2, 0.25) is 0 Å². The molecular formula is C19H23N3O4. The van der Waals surface area contributed by atoms with Gasteiger partial charge in [-0.15, -0.1) is 0 Å². The SMILES string of the molecule is Cc1c[nH]c(=O)n1-c1ccc(C(=O)OCC(=O)N2CCCC(C)C2)cc1. The maximum atomic E-state index is 12.2. The van der Waals surface area contributed by atoms with Crippen molar-refractivity contribution in [2.45, 2.75) is 26.7 Å². The van der Waals surface area contributed by atoms with Gasteiger partial charge < -0.3 is 14.6 Å². The molecule has 1 aliphatic heterocycles. The van der Waals surface area contributed by atoms with Crippen LogP contribution in [-0.2, 0) is 9.53 Å². The highest BCUT2D eigenvalue weighted by molar-refractivity contribution is 5.91. The molecule has 1 saturated heterocycles. The van der Waals surface area contributed by atoms with Crippen LogP contribution < -0.4 is 5.69 Å². The topological polar surface area (TPSA) is 84.4 Å². The number of aromatic amines is 1. The van der Waals surface area contributed by atoms with Crippen molar-refractivity contribution >= 4 is 11.9 Å². The van der Waals surface area contributed by atoms with Crippen LogP contribution >= 0.6 is 0 Å². The number of carbonyl (C=O) groups is 2. The highest BCUT2D eigenvalue weighted by Gasteiger charge is 2.22. The second-order valence-corrected chi connectivity index (χ2v) is 6.78. The molecule has 0 aliphatic carbocycles. The van der Waals surface area contributed by atoms with Crippen molar-refractivity contribution < 1.29 is 14.3 Å². The van der Waals surface area contributed by atoms with Gasteiger partial charge in [-0.25, -0.2) is 9.59 Å². The average molecular weight is 357 g/mol. The summed E-state index contributed by atoms with van der Waals surface area (Å²) in [5.41, 5.74) is 1.53. The zero-order valence-corrected chi connectivity index (χ0v) is 15.0. The van der Waals surface area contributed by atoms with Gasteiger partial charge in [0.05, 0.1) is 11.3 Å². The van der Waals surface area contributed by atoms with Gasteiger partial charge in [-0.05, 0) is 49.9 Å². The highest BCUT2D eigenvalue weighted by Crippen LogP contribution is 2.16. The molecule has 7 nitrogen and oxygen atoms in total. The van der Waals surface area contributed by atoms with Crippen LogP contribution in [0.1, 0.15) is 35.8 Å². The third kappa shape index (κ3) is 3.87. The van der Waals surface area contributed by atoms with Crippen molar-refractivity contribution in [2.75, 3.05) is 19.7 Å². The molecule has 0 saturated carbocycles. The van der Waals surface area contributed by atoms with E-state index in [1.54, 1.807) is 35.4 Å². The third-order valence-electron chi connectivity index (χ3n) is 4.66. The zero-order chi connectivity index (χ0) is 18.7. The third-order valence-corrected chi connectivity index (χ3v) is 4.66. The number of carbonyl (C=O) groups excluding carboxylic acids is 2. The molecule has 2 aromatic rings. The van der Waals surface area contributed by atoms with Gasteiger partial charge in [0, 0.05) is 25.0 Å². The average Bonchev–Trinajstić information content (AvgIpc) is 2.98. The van der Waals surface area contributed by atoms with Crippen molar-refractivity contribution in [1.82, 2.24) is 14.5 Å². The highest BCUT2D eigenvalue weighted by atomic mass is 16.5. The quantitative estimate of drug-likeness (QED) is 0.847. The Balaban J connectivity index is 1.60. The Morgan fingerprint density at radius 3 is 2.62 bits per heavy atom. The molecular weight excluding hydrogens is 334 g/mol. The van der Waals surface area contributed by atoms with Gasteiger partial charge in [0.1, 0.15) is 0 Å². The first-order chi connectivity index (χ1) is 12.5. The van der Waals surface area contributed by atoms with Crippen LogP contribution in [0.2, 0.25) is 0 Å². The molecule has 138 valence electrons. The van der Waals surface area contributed by atoms with Gasteiger partial charge >= 0.3 is 11.7 Å². The van der Waals surface area contributed by atoms with E-state index in [9.17, 15) is 14.4 Å². The number of esters is 1. The number of rotatable bonds is 4. The predicted octanol–water partition coefficient (Wildman–Crippen LogP) is 1.89. The molecule has 1 fully saturated rings. The molecule has 1 aromatic carbocycles. The second-order valence-electron chi connectivity index (χ2n) is 6.78. The van der Waals surface area contributed by atoms with Gasteiger partial charge in [0.25, 0.3) is 5.91 Å². The minimum absolute atomic E-state index is 0.156. The van der Waals surface area contributed by atoms with Crippen LogP contribution in [0.4, 0.5) is 0 Å². The monoisotopic (exact) mass is 357 g/mol. The van der Waals surface area contributed by atoms with Crippen LogP contribution in [0.25, 0.3) is 5.69 Å². The fraction of sp³-hybridized carbons (Fsp3) is 0.421. The number of ether oxygens (including phenoxy) is 1. The Morgan fingerprint density at radius 1 is 1.27 bits per heavy atom. The number of amides is 1. The summed E-state index contributed by atoms with van der Waals surface area (Å²) < 4.78 is 6.66. The molecule has 0 spiro atoms. The summed E-state index contributed by atoms with van der Waals surface area (Å²) in [7, 11) is 0. The molecule has 2 heterocycles. The molecule has 1 amide bonds. The maximum absolute atomic E-state index is 12.2. The van der Waals surface area contributed by atoms with Crippen LogP contribution in [0.5, 0.6) is 0 Å². The van der Waals surface area contributed by atoms with Crippen LogP contribution in [0.3, 0.4) is 0 Å². The van der Waals surface area contributed by atoms with Gasteiger partial charge in [0.15, 0.2) is 6.61 Å².